The monoisotopic (exact) mass is 281 g/mol. The van der Waals surface area contributed by atoms with Crippen molar-refractivity contribution in [3.63, 3.8) is 0 Å². The fraction of sp³-hybridized carbons (Fsp3) is 0.417. The van der Waals surface area contributed by atoms with Crippen molar-refractivity contribution in [1.29, 1.82) is 0 Å². The summed E-state index contributed by atoms with van der Waals surface area (Å²) in [6.07, 6.45) is 1.60. The first-order valence-corrected chi connectivity index (χ1v) is 7.38. The quantitative estimate of drug-likeness (QED) is 0.865. The van der Waals surface area contributed by atoms with E-state index in [0.717, 1.165) is 10.7 Å². The Labute approximate surface area is 114 Å². The van der Waals surface area contributed by atoms with Crippen LogP contribution in [0, 0.1) is 0 Å². The predicted octanol–water partition coefficient (Wildman–Crippen LogP) is 3.00. The van der Waals surface area contributed by atoms with Crippen molar-refractivity contribution in [1.82, 2.24) is 14.3 Å². The lowest BCUT2D eigenvalue weighted by Gasteiger charge is -2.14. The second-order valence-corrected chi connectivity index (χ2v) is 5.95. The second-order valence-electron chi connectivity index (χ2n) is 4.41. The highest BCUT2D eigenvalue weighted by molar-refractivity contribution is 7.09. The first-order valence-electron chi connectivity index (χ1n) is 5.67. The molecule has 4 nitrogen and oxygen atoms in total. The predicted molar refractivity (Wildman–Crippen MR) is 74.1 cm³/mol. The molecule has 2 aromatic rings. The minimum Gasteiger partial charge on any atom is -0.336 e. The van der Waals surface area contributed by atoms with E-state index in [1.54, 1.807) is 34.9 Å². The van der Waals surface area contributed by atoms with Gasteiger partial charge in [-0.25, -0.2) is 9.36 Å². The average molecular weight is 281 g/mol. The van der Waals surface area contributed by atoms with E-state index in [2.05, 4.69) is 23.2 Å². The van der Waals surface area contributed by atoms with Crippen LogP contribution in [0.15, 0.2) is 17.0 Å². The van der Waals surface area contributed by atoms with E-state index in [9.17, 15) is 4.79 Å². The number of hydrogen-bond donors (Lipinski definition) is 0. The topological polar surface area (TPSA) is 46.1 Å². The highest BCUT2D eigenvalue weighted by Gasteiger charge is 2.14. The van der Waals surface area contributed by atoms with Crippen molar-refractivity contribution >= 4 is 28.8 Å². The Morgan fingerprint density at radius 2 is 2.22 bits per heavy atom. The van der Waals surface area contributed by atoms with Crippen LogP contribution in [-0.2, 0) is 6.54 Å². The number of amides is 1. The highest BCUT2D eigenvalue weighted by atomic mass is 32.1. The number of aromatic nitrogens is 2. The number of thiazole rings is 1. The SMILES string of the molecule is CC(C)c1nc(CN(C)C(=O)c2cnsc2)cs1. The Bertz CT molecular complexity index is 519. The molecule has 2 heterocycles. The van der Waals surface area contributed by atoms with Crippen LogP contribution in [0.2, 0.25) is 0 Å². The minimum absolute atomic E-state index is 0.0113. The van der Waals surface area contributed by atoms with Gasteiger partial charge in [0.2, 0.25) is 0 Å². The molecular weight excluding hydrogens is 266 g/mol. The molecule has 2 rings (SSSR count). The molecule has 96 valence electrons. The largest absolute Gasteiger partial charge is 0.336 e. The average Bonchev–Trinajstić information content (AvgIpc) is 2.98. The van der Waals surface area contributed by atoms with Gasteiger partial charge in [-0.2, -0.15) is 0 Å². The van der Waals surface area contributed by atoms with Gasteiger partial charge in [0.05, 0.1) is 29.0 Å². The van der Waals surface area contributed by atoms with E-state index in [4.69, 9.17) is 0 Å². The summed E-state index contributed by atoms with van der Waals surface area (Å²) in [6.45, 7) is 4.78. The molecule has 18 heavy (non-hydrogen) atoms. The van der Waals surface area contributed by atoms with Crippen molar-refractivity contribution in [3.8, 4) is 0 Å². The fourth-order valence-electron chi connectivity index (χ4n) is 1.51. The molecule has 2 aromatic heterocycles. The van der Waals surface area contributed by atoms with E-state index in [1.807, 2.05) is 5.38 Å². The van der Waals surface area contributed by atoms with E-state index >= 15 is 0 Å². The van der Waals surface area contributed by atoms with Gasteiger partial charge in [0.25, 0.3) is 5.91 Å². The first kappa shape index (κ1) is 13.2. The van der Waals surface area contributed by atoms with Crippen LogP contribution in [0.5, 0.6) is 0 Å². The van der Waals surface area contributed by atoms with Gasteiger partial charge in [-0.1, -0.05) is 13.8 Å². The van der Waals surface area contributed by atoms with Gasteiger partial charge < -0.3 is 4.90 Å². The third-order valence-corrected chi connectivity index (χ3v) is 4.27. The van der Waals surface area contributed by atoms with Crippen LogP contribution in [-0.4, -0.2) is 27.2 Å². The molecule has 0 N–H and O–H groups in total. The lowest BCUT2D eigenvalue weighted by molar-refractivity contribution is 0.0784. The molecule has 0 saturated carbocycles. The first-order chi connectivity index (χ1) is 8.58. The second kappa shape index (κ2) is 5.58. The van der Waals surface area contributed by atoms with Gasteiger partial charge in [0.15, 0.2) is 0 Å². The maximum atomic E-state index is 12.0. The van der Waals surface area contributed by atoms with E-state index < -0.39 is 0 Å². The maximum Gasteiger partial charge on any atom is 0.256 e. The molecule has 6 heteroatoms. The molecule has 1 amide bonds. The van der Waals surface area contributed by atoms with Crippen LogP contribution in [0.3, 0.4) is 0 Å². The Balaban J connectivity index is 2.02. The molecule has 0 fully saturated rings. The zero-order chi connectivity index (χ0) is 13.1. The molecule has 0 aliphatic heterocycles. The van der Waals surface area contributed by atoms with Crippen molar-refractivity contribution in [3.05, 3.63) is 33.2 Å². The Morgan fingerprint density at radius 3 is 2.78 bits per heavy atom. The third kappa shape index (κ3) is 2.94. The zero-order valence-corrected chi connectivity index (χ0v) is 12.2. The number of carbonyl (C=O) groups is 1. The summed E-state index contributed by atoms with van der Waals surface area (Å²) in [4.78, 5) is 18.2. The van der Waals surface area contributed by atoms with Crippen molar-refractivity contribution in [2.45, 2.75) is 26.3 Å². The molecule has 0 spiro atoms. The summed E-state index contributed by atoms with van der Waals surface area (Å²) in [5.41, 5.74) is 1.59. The number of hydrogen-bond acceptors (Lipinski definition) is 5. The van der Waals surface area contributed by atoms with Gasteiger partial charge in [-0.15, -0.1) is 11.3 Å². The lowest BCUT2D eigenvalue weighted by Crippen LogP contribution is -2.25. The zero-order valence-electron chi connectivity index (χ0n) is 10.6. The highest BCUT2D eigenvalue weighted by Crippen LogP contribution is 2.20. The fourth-order valence-corrected chi connectivity index (χ4v) is 2.84. The number of rotatable bonds is 4. The molecule has 0 unspecified atom stereocenters. The van der Waals surface area contributed by atoms with Crippen molar-refractivity contribution < 1.29 is 4.79 Å². The van der Waals surface area contributed by atoms with E-state index in [1.165, 1.54) is 11.5 Å². The third-order valence-electron chi connectivity index (χ3n) is 2.49. The van der Waals surface area contributed by atoms with Crippen LogP contribution >= 0.6 is 22.9 Å². The Hall–Kier alpha value is -1.27. The molecule has 0 aliphatic carbocycles. The summed E-state index contributed by atoms with van der Waals surface area (Å²) in [5.74, 6) is 0.425. The molecule has 0 aromatic carbocycles. The molecule has 0 radical (unpaired) electrons. The smallest absolute Gasteiger partial charge is 0.256 e. The van der Waals surface area contributed by atoms with Gasteiger partial charge in [0, 0.05) is 23.7 Å². The summed E-state index contributed by atoms with van der Waals surface area (Å²) < 4.78 is 3.94. The summed E-state index contributed by atoms with van der Waals surface area (Å²) in [6, 6.07) is 0. The van der Waals surface area contributed by atoms with Gasteiger partial charge in [-0.05, 0) is 11.5 Å². The normalized spacial score (nSPS) is 10.9. The van der Waals surface area contributed by atoms with Crippen LogP contribution in [0.4, 0.5) is 0 Å². The summed E-state index contributed by atoms with van der Waals surface area (Å²) in [5, 5.41) is 4.90. The van der Waals surface area contributed by atoms with Crippen LogP contribution in [0.1, 0.15) is 40.8 Å². The summed E-state index contributed by atoms with van der Waals surface area (Å²) in [7, 11) is 1.79. The summed E-state index contributed by atoms with van der Waals surface area (Å²) >= 11 is 2.94. The Kier molecular flexibility index (Phi) is 4.08. The van der Waals surface area contributed by atoms with Gasteiger partial charge in [-0.3, -0.25) is 4.79 Å². The Morgan fingerprint density at radius 1 is 1.44 bits per heavy atom. The van der Waals surface area contributed by atoms with Gasteiger partial charge >= 0.3 is 0 Å². The lowest BCUT2D eigenvalue weighted by atomic mass is 10.2. The van der Waals surface area contributed by atoms with E-state index in [-0.39, 0.29) is 5.91 Å². The molecular formula is C12H15N3OS2. The minimum atomic E-state index is -0.0113. The number of carbonyl (C=O) groups excluding carboxylic acids is 1. The molecule has 0 atom stereocenters. The van der Waals surface area contributed by atoms with Crippen molar-refractivity contribution in [2.24, 2.45) is 0 Å². The van der Waals surface area contributed by atoms with Gasteiger partial charge in [0.1, 0.15) is 0 Å². The molecule has 0 aliphatic rings. The van der Waals surface area contributed by atoms with Crippen LogP contribution in [0.25, 0.3) is 0 Å². The molecule has 0 bridgehead atoms. The van der Waals surface area contributed by atoms with E-state index in [0.29, 0.717) is 18.0 Å². The number of nitrogens with zero attached hydrogens (tertiary/aromatic N) is 3. The maximum absolute atomic E-state index is 12.0. The van der Waals surface area contributed by atoms with Crippen LogP contribution < -0.4 is 0 Å². The van der Waals surface area contributed by atoms with Crippen molar-refractivity contribution in [2.75, 3.05) is 7.05 Å². The standard InChI is InChI=1S/C12H15N3OS2/c1-8(2)11-14-10(7-17-11)5-15(3)12(16)9-4-13-18-6-9/h4,6-8H,5H2,1-3H3. The molecule has 0 saturated heterocycles.